The number of aliphatic imine (C=N–C) groups is 1. The van der Waals surface area contributed by atoms with E-state index in [1.54, 1.807) is 17.0 Å². The summed E-state index contributed by atoms with van der Waals surface area (Å²) < 4.78 is 5.78. The first-order valence-electron chi connectivity index (χ1n) is 9.38. The Kier molecular flexibility index (Phi) is 6.72. The lowest BCUT2D eigenvalue weighted by atomic mass is 10.2. The van der Waals surface area contributed by atoms with Crippen molar-refractivity contribution in [3.8, 4) is 5.75 Å². The second kappa shape index (κ2) is 9.43. The summed E-state index contributed by atoms with van der Waals surface area (Å²) in [7, 11) is 0. The topological polar surface area (TPSA) is 79.2 Å². The van der Waals surface area contributed by atoms with Crippen LogP contribution in [0, 0.1) is 0 Å². The molecule has 0 aliphatic carbocycles. The summed E-state index contributed by atoms with van der Waals surface area (Å²) in [5.74, 6) is -0.351. The first kappa shape index (κ1) is 20.7. The molecule has 2 aromatic carbocycles. The number of carbonyl (C=O) groups is 2. The molecule has 29 heavy (non-hydrogen) atoms. The molecule has 1 amide bonds. The quantitative estimate of drug-likeness (QED) is 0.664. The van der Waals surface area contributed by atoms with Crippen molar-refractivity contribution in [2.45, 2.75) is 20.3 Å². The van der Waals surface area contributed by atoms with Gasteiger partial charge in [-0.2, -0.15) is 0 Å². The average Bonchev–Trinajstić information content (AvgIpc) is 3.01. The third kappa shape index (κ3) is 4.86. The van der Waals surface area contributed by atoms with Crippen LogP contribution in [0.5, 0.6) is 5.75 Å². The van der Waals surface area contributed by atoms with Crippen LogP contribution in [0.3, 0.4) is 0 Å². The molecule has 1 aliphatic rings. The van der Waals surface area contributed by atoms with Crippen LogP contribution in [0.2, 0.25) is 0 Å². The number of ether oxygens (including phenoxy) is 1. The maximum absolute atomic E-state index is 12.8. The highest BCUT2D eigenvalue weighted by molar-refractivity contribution is 8.18. The van der Waals surface area contributed by atoms with Gasteiger partial charge in [0.1, 0.15) is 5.75 Å². The molecule has 1 heterocycles. The number of benzene rings is 2. The van der Waals surface area contributed by atoms with E-state index in [0.717, 1.165) is 17.7 Å². The molecule has 1 N–H and O–H groups in total. The Morgan fingerprint density at radius 2 is 1.90 bits per heavy atom. The molecule has 1 aliphatic heterocycles. The Morgan fingerprint density at radius 3 is 2.55 bits per heavy atom. The molecule has 1 fully saturated rings. The van der Waals surface area contributed by atoms with Crippen molar-refractivity contribution in [3.05, 3.63) is 64.6 Å². The van der Waals surface area contributed by atoms with E-state index in [9.17, 15) is 9.59 Å². The first-order chi connectivity index (χ1) is 14.0. The monoisotopic (exact) mass is 410 g/mol. The highest BCUT2D eigenvalue weighted by Gasteiger charge is 2.32. The second-order valence-electron chi connectivity index (χ2n) is 6.29. The van der Waals surface area contributed by atoms with Crippen LogP contribution >= 0.6 is 11.8 Å². The maximum Gasteiger partial charge on any atom is 0.335 e. The van der Waals surface area contributed by atoms with Crippen molar-refractivity contribution in [3.63, 3.8) is 0 Å². The van der Waals surface area contributed by atoms with Crippen LogP contribution in [-0.2, 0) is 4.79 Å². The molecule has 2 aromatic rings. The predicted octanol–water partition coefficient (Wildman–Crippen LogP) is 4.80. The number of rotatable bonds is 7. The number of thioether (sulfide) groups is 1. The van der Waals surface area contributed by atoms with E-state index in [2.05, 4.69) is 4.99 Å². The molecule has 0 spiro atoms. The summed E-state index contributed by atoms with van der Waals surface area (Å²) >= 11 is 1.30. The van der Waals surface area contributed by atoms with Gasteiger partial charge in [0.2, 0.25) is 0 Å². The minimum absolute atomic E-state index is 0.108. The summed E-state index contributed by atoms with van der Waals surface area (Å²) in [6.45, 7) is 5.04. The number of carbonyl (C=O) groups excluding carboxylic acids is 1. The van der Waals surface area contributed by atoms with Gasteiger partial charge in [0.15, 0.2) is 5.17 Å². The van der Waals surface area contributed by atoms with Crippen LogP contribution in [0.25, 0.3) is 6.08 Å². The highest BCUT2D eigenvalue weighted by atomic mass is 32.2. The van der Waals surface area contributed by atoms with Gasteiger partial charge in [0.25, 0.3) is 5.91 Å². The number of aromatic carboxylic acids is 1. The number of nitrogens with zero attached hydrogens (tertiary/aromatic N) is 2. The zero-order valence-electron chi connectivity index (χ0n) is 16.3. The Labute approximate surface area is 173 Å². The van der Waals surface area contributed by atoms with E-state index in [4.69, 9.17) is 9.84 Å². The van der Waals surface area contributed by atoms with E-state index < -0.39 is 5.97 Å². The normalized spacial score (nSPS) is 16.6. The lowest BCUT2D eigenvalue weighted by Crippen LogP contribution is -2.28. The molecular formula is C22H22N2O4S. The van der Waals surface area contributed by atoms with Gasteiger partial charge in [-0.1, -0.05) is 25.1 Å². The zero-order valence-corrected chi connectivity index (χ0v) is 17.1. The number of hydrogen-bond donors (Lipinski definition) is 1. The molecule has 6 nitrogen and oxygen atoms in total. The van der Waals surface area contributed by atoms with Gasteiger partial charge in [0.05, 0.1) is 22.8 Å². The Hall–Kier alpha value is -3.06. The first-order valence-corrected chi connectivity index (χ1v) is 10.2. The smallest absolute Gasteiger partial charge is 0.335 e. The lowest BCUT2D eigenvalue weighted by Gasteiger charge is -2.12. The molecule has 150 valence electrons. The van der Waals surface area contributed by atoms with Gasteiger partial charge >= 0.3 is 5.97 Å². The van der Waals surface area contributed by atoms with Gasteiger partial charge in [-0.05, 0) is 61.5 Å². The Morgan fingerprint density at radius 1 is 1.17 bits per heavy atom. The molecule has 0 bridgehead atoms. The number of amides is 1. The lowest BCUT2D eigenvalue weighted by molar-refractivity contribution is -0.122. The standard InChI is InChI=1S/C22H22N2O4S/c1-3-13-28-18-8-6-5-7-16(18)14-19-20(25)24(4-2)22(29-19)23-17-11-9-15(10-12-17)21(26)27/h5-12,14H,3-4,13H2,1-2H3,(H,26,27)/b19-14+,23-22?. The van der Waals surface area contributed by atoms with Crippen LogP contribution in [-0.4, -0.2) is 40.2 Å². The van der Waals surface area contributed by atoms with E-state index in [1.807, 2.05) is 44.2 Å². The zero-order chi connectivity index (χ0) is 20.8. The van der Waals surface area contributed by atoms with Crippen LogP contribution in [0.1, 0.15) is 36.2 Å². The minimum atomic E-state index is -0.987. The summed E-state index contributed by atoms with van der Waals surface area (Å²) in [5.41, 5.74) is 1.64. The molecule has 0 aromatic heterocycles. The second-order valence-corrected chi connectivity index (χ2v) is 7.30. The molecular weight excluding hydrogens is 388 g/mol. The summed E-state index contributed by atoms with van der Waals surface area (Å²) in [4.78, 5) is 30.6. The number of hydrogen-bond acceptors (Lipinski definition) is 5. The van der Waals surface area contributed by atoms with Crippen LogP contribution in [0.4, 0.5) is 5.69 Å². The van der Waals surface area contributed by atoms with Gasteiger partial charge < -0.3 is 9.84 Å². The molecule has 0 saturated carbocycles. The maximum atomic E-state index is 12.8. The fraction of sp³-hybridized carbons (Fsp3) is 0.227. The minimum Gasteiger partial charge on any atom is -0.493 e. The predicted molar refractivity (Wildman–Crippen MR) is 116 cm³/mol. The SMILES string of the molecule is CCCOc1ccccc1/C=C1/SC(=Nc2ccc(C(=O)O)cc2)N(CC)C1=O. The summed E-state index contributed by atoms with van der Waals surface area (Å²) in [6, 6.07) is 13.9. The molecule has 1 saturated heterocycles. The molecule has 7 heteroatoms. The highest BCUT2D eigenvalue weighted by Crippen LogP contribution is 2.35. The third-order valence-corrected chi connectivity index (χ3v) is 5.22. The van der Waals surface area contributed by atoms with Crippen molar-refractivity contribution < 1.29 is 19.4 Å². The van der Waals surface area contributed by atoms with Gasteiger partial charge in [-0.3, -0.25) is 9.69 Å². The van der Waals surface area contributed by atoms with E-state index >= 15 is 0 Å². The summed E-state index contributed by atoms with van der Waals surface area (Å²) in [6.07, 6.45) is 2.73. The van der Waals surface area contributed by atoms with Gasteiger partial charge in [-0.15, -0.1) is 0 Å². The number of para-hydroxylation sites is 1. The van der Waals surface area contributed by atoms with E-state index in [1.165, 1.54) is 23.9 Å². The Bertz CT molecular complexity index is 967. The van der Waals surface area contributed by atoms with Crippen LogP contribution in [0.15, 0.2) is 58.4 Å². The average molecular weight is 410 g/mol. The number of likely N-dealkylation sites (N-methyl/N-ethyl adjacent to an activating group) is 1. The van der Waals surface area contributed by atoms with Crippen molar-refractivity contribution in [2.24, 2.45) is 4.99 Å². The number of amidine groups is 1. The van der Waals surface area contributed by atoms with E-state index in [0.29, 0.717) is 28.9 Å². The third-order valence-electron chi connectivity index (χ3n) is 4.21. The van der Waals surface area contributed by atoms with Crippen molar-refractivity contribution in [1.29, 1.82) is 0 Å². The molecule has 3 rings (SSSR count). The number of carboxylic acid groups (broad SMARTS) is 1. The molecule has 0 radical (unpaired) electrons. The Balaban J connectivity index is 1.89. The van der Waals surface area contributed by atoms with E-state index in [-0.39, 0.29) is 11.5 Å². The van der Waals surface area contributed by atoms with Gasteiger partial charge in [-0.25, -0.2) is 9.79 Å². The summed E-state index contributed by atoms with van der Waals surface area (Å²) in [5, 5.41) is 9.58. The molecule has 0 atom stereocenters. The van der Waals surface area contributed by atoms with Crippen molar-refractivity contribution in [1.82, 2.24) is 4.90 Å². The number of carboxylic acids is 1. The molecule has 0 unspecified atom stereocenters. The fourth-order valence-corrected chi connectivity index (χ4v) is 3.80. The fourth-order valence-electron chi connectivity index (χ4n) is 2.74. The largest absolute Gasteiger partial charge is 0.493 e. The van der Waals surface area contributed by atoms with Crippen molar-refractivity contribution >= 4 is 40.6 Å². The van der Waals surface area contributed by atoms with Crippen molar-refractivity contribution in [2.75, 3.05) is 13.2 Å². The van der Waals surface area contributed by atoms with Gasteiger partial charge in [0, 0.05) is 12.1 Å². The van der Waals surface area contributed by atoms with Crippen LogP contribution < -0.4 is 4.74 Å².